The van der Waals surface area contributed by atoms with Gasteiger partial charge in [0.05, 0.1) is 10.5 Å². The number of aryl methyl sites for hydroxylation is 1. The van der Waals surface area contributed by atoms with E-state index in [1.165, 1.54) is 10.4 Å². The van der Waals surface area contributed by atoms with Gasteiger partial charge in [0.15, 0.2) is 0 Å². The number of carbonyl (C=O) groups is 1. The second-order valence-corrected chi connectivity index (χ2v) is 8.75. The van der Waals surface area contributed by atoms with E-state index in [1.54, 1.807) is 13.8 Å². The highest BCUT2D eigenvalue weighted by molar-refractivity contribution is 7.89. The molecule has 8 heteroatoms. The number of thiophene rings is 1. The Balaban J connectivity index is 2.31. The summed E-state index contributed by atoms with van der Waals surface area (Å²) >= 11 is 0.964. The zero-order valence-corrected chi connectivity index (χ0v) is 13.6. The van der Waals surface area contributed by atoms with Gasteiger partial charge in [-0.05, 0) is 39.2 Å². The Kier molecular flexibility index (Phi) is 4.44. The summed E-state index contributed by atoms with van der Waals surface area (Å²) in [5, 5.41) is 19.0. The molecule has 1 aromatic rings. The van der Waals surface area contributed by atoms with E-state index in [4.69, 9.17) is 5.11 Å². The van der Waals surface area contributed by atoms with Gasteiger partial charge in [0.25, 0.3) is 0 Å². The number of aliphatic hydroxyl groups is 1. The molecule has 1 saturated heterocycles. The molecule has 0 spiro atoms. The summed E-state index contributed by atoms with van der Waals surface area (Å²) in [6, 6.07) is 1.22. The zero-order valence-electron chi connectivity index (χ0n) is 12.0. The van der Waals surface area contributed by atoms with Crippen LogP contribution in [0.1, 0.15) is 40.7 Å². The van der Waals surface area contributed by atoms with Gasteiger partial charge >= 0.3 is 5.97 Å². The lowest BCUT2D eigenvalue weighted by atomic mass is 9.98. The van der Waals surface area contributed by atoms with Crippen LogP contribution in [0.2, 0.25) is 0 Å². The van der Waals surface area contributed by atoms with Gasteiger partial charge in [-0.2, -0.15) is 4.31 Å². The summed E-state index contributed by atoms with van der Waals surface area (Å²) in [6.45, 7) is 3.91. The summed E-state index contributed by atoms with van der Waals surface area (Å²) in [5.41, 5.74) is -0.847. The number of nitrogens with zero attached hydrogens (tertiary/aromatic N) is 1. The van der Waals surface area contributed by atoms with Crippen molar-refractivity contribution in [1.29, 1.82) is 0 Å². The van der Waals surface area contributed by atoms with Crippen molar-refractivity contribution in [3.8, 4) is 0 Å². The molecule has 1 atom stereocenters. The first-order chi connectivity index (χ1) is 9.63. The van der Waals surface area contributed by atoms with Crippen LogP contribution in [0.4, 0.5) is 0 Å². The third-order valence-electron chi connectivity index (χ3n) is 3.72. The molecule has 0 aromatic carbocycles. The zero-order chi connectivity index (χ0) is 15.8. The molecule has 0 saturated carbocycles. The highest BCUT2D eigenvalue weighted by Gasteiger charge is 2.33. The van der Waals surface area contributed by atoms with Crippen LogP contribution in [0.3, 0.4) is 0 Å². The van der Waals surface area contributed by atoms with Crippen LogP contribution in [-0.4, -0.2) is 47.6 Å². The first-order valence-electron chi connectivity index (χ1n) is 6.70. The molecule has 1 fully saturated rings. The van der Waals surface area contributed by atoms with E-state index in [0.29, 0.717) is 30.7 Å². The lowest BCUT2D eigenvalue weighted by molar-refractivity contribution is 0.0465. The molecule has 1 aliphatic rings. The average Bonchev–Trinajstić information content (AvgIpc) is 2.66. The third kappa shape index (κ3) is 3.45. The largest absolute Gasteiger partial charge is 0.477 e. The predicted octanol–water partition coefficient (Wildman–Crippen LogP) is 1.68. The van der Waals surface area contributed by atoms with Crippen molar-refractivity contribution in [3.05, 3.63) is 15.8 Å². The van der Waals surface area contributed by atoms with Crippen molar-refractivity contribution < 1.29 is 23.4 Å². The third-order valence-corrected chi connectivity index (χ3v) is 6.92. The molecule has 0 aliphatic carbocycles. The van der Waals surface area contributed by atoms with Gasteiger partial charge in [-0.1, -0.05) is 0 Å². The van der Waals surface area contributed by atoms with Crippen LogP contribution >= 0.6 is 11.3 Å². The highest BCUT2D eigenvalue weighted by atomic mass is 32.2. The van der Waals surface area contributed by atoms with Crippen LogP contribution in [0.15, 0.2) is 11.0 Å². The molecule has 0 bridgehead atoms. The fourth-order valence-corrected chi connectivity index (χ4v) is 5.32. The Morgan fingerprint density at radius 1 is 1.38 bits per heavy atom. The van der Waals surface area contributed by atoms with Gasteiger partial charge in [0.2, 0.25) is 10.0 Å². The molecule has 1 aromatic heterocycles. The second-order valence-electron chi connectivity index (χ2n) is 5.59. The number of rotatable bonds is 3. The van der Waals surface area contributed by atoms with E-state index in [1.807, 2.05) is 0 Å². The minimum atomic E-state index is -3.71. The summed E-state index contributed by atoms with van der Waals surface area (Å²) in [4.78, 5) is 11.5. The predicted molar refractivity (Wildman–Crippen MR) is 79.2 cm³/mol. The summed E-state index contributed by atoms with van der Waals surface area (Å²) < 4.78 is 26.7. The fraction of sp³-hybridized carbons (Fsp3) is 0.615. The first kappa shape index (κ1) is 16.4. The molecule has 2 heterocycles. The monoisotopic (exact) mass is 333 g/mol. The van der Waals surface area contributed by atoms with Crippen molar-refractivity contribution in [2.45, 2.75) is 43.6 Å². The lowest BCUT2D eigenvalue weighted by Crippen LogP contribution is -2.33. The van der Waals surface area contributed by atoms with E-state index in [0.717, 1.165) is 11.3 Å². The molecule has 6 nitrogen and oxygen atoms in total. The highest BCUT2D eigenvalue weighted by Crippen LogP contribution is 2.31. The molecule has 21 heavy (non-hydrogen) atoms. The Morgan fingerprint density at radius 2 is 2.05 bits per heavy atom. The molecule has 0 radical (unpaired) electrons. The van der Waals surface area contributed by atoms with E-state index in [9.17, 15) is 18.3 Å². The van der Waals surface area contributed by atoms with E-state index in [-0.39, 0.29) is 16.3 Å². The van der Waals surface area contributed by atoms with Crippen molar-refractivity contribution >= 4 is 27.3 Å². The number of aromatic carboxylic acids is 1. The lowest BCUT2D eigenvalue weighted by Gasteiger charge is -2.22. The van der Waals surface area contributed by atoms with Crippen LogP contribution in [-0.2, 0) is 10.0 Å². The van der Waals surface area contributed by atoms with Crippen LogP contribution in [0, 0.1) is 6.92 Å². The van der Waals surface area contributed by atoms with E-state index >= 15 is 0 Å². The molecular weight excluding hydrogens is 314 g/mol. The summed E-state index contributed by atoms with van der Waals surface area (Å²) in [5.74, 6) is -1.12. The smallest absolute Gasteiger partial charge is 0.345 e. The summed E-state index contributed by atoms with van der Waals surface area (Å²) in [7, 11) is -3.71. The molecular formula is C13H19NO5S2. The molecule has 1 aliphatic heterocycles. The maximum absolute atomic E-state index is 12.7. The van der Waals surface area contributed by atoms with Gasteiger partial charge < -0.3 is 10.2 Å². The first-order valence-corrected chi connectivity index (χ1v) is 8.95. The Bertz CT molecular complexity index is 648. The van der Waals surface area contributed by atoms with Crippen LogP contribution < -0.4 is 0 Å². The van der Waals surface area contributed by atoms with Gasteiger partial charge in [-0.15, -0.1) is 11.3 Å². The minimum absolute atomic E-state index is 0.0212. The Hall–Kier alpha value is -0.960. The van der Waals surface area contributed by atoms with E-state index in [2.05, 4.69) is 0 Å². The standard InChI is InChI=1S/C13H19NO5S2/c1-9-11(8-10(20-9)12(15)16)21(18,19)14-6-3-4-13(2,17)5-7-14/h8,17H,3-7H2,1-2H3,(H,15,16). The van der Waals surface area contributed by atoms with Crippen molar-refractivity contribution in [2.75, 3.05) is 13.1 Å². The number of carboxylic acid groups (broad SMARTS) is 1. The molecule has 118 valence electrons. The SMILES string of the molecule is Cc1sc(C(=O)O)cc1S(=O)(=O)N1CCCC(C)(O)CC1. The quantitative estimate of drug-likeness (QED) is 0.877. The number of hydrogen-bond donors (Lipinski definition) is 2. The molecule has 0 amide bonds. The Labute approximate surface area is 128 Å². The maximum atomic E-state index is 12.7. The fourth-order valence-electron chi connectivity index (χ4n) is 2.44. The molecule has 2 rings (SSSR count). The molecule has 2 N–H and O–H groups in total. The number of sulfonamides is 1. The minimum Gasteiger partial charge on any atom is -0.477 e. The number of hydrogen-bond acceptors (Lipinski definition) is 5. The normalized spacial score (nSPS) is 24.7. The van der Waals surface area contributed by atoms with Gasteiger partial charge in [0, 0.05) is 18.0 Å². The average molecular weight is 333 g/mol. The van der Waals surface area contributed by atoms with Gasteiger partial charge in [-0.25, -0.2) is 13.2 Å². The van der Waals surface area contributed by atoms with Gasteiger partial charge in [-0.3, -0.25) is 0 Å². The van der Waals surface area contributed by atoms with Crippen molar-refractivity contribution in [2.24, 2.45) is 0 Å². The molecule has 1 unspecified atom stereocenters. The maximum Gasteiger partial charge on any atom is 0.345 e. The topological polar surface area (TPSA) is 94.9 Å². The van der Waals surface area contributed by atoms with Crippen LogP contribution in [0.25, 0.3) is 0 Å². The summed E-state index contributed by atoms with van der Waals surface area (Å²) in [6.07, 6.45) is 1.52. The van der Waals surface area contributed by atoms with Crippen molar-refractivity contribution in [1.82, 2.24) is 4.31 Å². The second kappa shape index (κ2) is 5.68. The van der Waals surface area contributed by atoms with Gasteiger partial charge in [0.1, 0.15) is 4.88 Å². The Morgan fingerprint density at radius 3 is 2.62 bits per heavy atom. The van der Waals surface area contributed by atoms with Crippen molar-refractivity contribution in [3.63, 3.8) is 0 Å². The van der Waals surface area contributed by atoms with Crippen LogP contribution in [0.5, 0.6) is 0 Å². The van der Waals surface area contributed by atoms with E-state index < -0.39 is 21.6 Å². The number of carboxylic acids is 1.